The summed E-state index contributed by atoms with van der Waals surface area (Å²) in [6.45, 7) is 6.70. The molecule has 0 rings (SSSR count). The highest BCUT2D eigenvalue weighted by Crippen LogP contribution is 2.19. The van der Waals surface area contributed by atoms with Crippen LogP contribution in [-0.4, -0.2) is 37.2 Å². The first-order chi connectivity index (χ1) is 39.0. The maximum absolute atomic E-state index is 12.9. The summed E-state index contributed by atoms with van der Waals surface area (Å²) >= 11 is 0. The Kier molecular flexibility index (Phi) is 67.0. The molecule has 1 unspecified atom stereocenters. The molecule has 0 N–H and O–H groups in total. The minimum atomic E-state index is -0.763. The van der Waals surface area contributed by atoms with E-state index in [0.29, 0.717) is 19.3 Å². The molecule has 0 spiro atoms. The van der Waals surface area contributed by atoms with Gasteiger partial charge >= 0.3 is 17.9 Å². The van der Waals surface area contributed by atoms with Crippen LogP contribution in [0.1, 0.15) is 419 Å². The average Bonchev–Trinajstić information content (AvgIpc) is 3.45. The fraction of sp³-hybridized carbons (Fsp3) is 0.932. The van der Waals surface area contributed by atoms with E-state index in [1.165, 1.54) is 321 Å². The van der Waals surface area contributed by atoms with Gasteiger partial charge in [0, 0.05) is 19.3 Å². The van der Waals surface area contributed by atoms with Gasteiger partial charge in [-0.2, -0.15) is 0 Å². The summed E-state index contributed by atoms with van der Waals surface area (Å²) in [6.07, 6.45) is 82.8. The normalized spacial score (nSPS) is 12.0. The fourth-order valence-corrected chi connectivity index (χ4v) is 11.3. The number of allylic oxidation sites excluding steroid dienone is 2. The number of unbranched alkanes of at least 4 members (excludes halogenated alkanes) is 55. The molecule has 0 aromatic rings. The van der Waals surface area contributed by atoms with Crippen LogP contribution in [0.2, 0.25) is 0 Å². The molecule has 6 heteroatoms. The van der Waals surface area contributed by atoms with Gasteiger partial charge in [0.2, 0.25) is 0 Å². The maximum atomic E-state index is 12.9. The average molecular weight is 1110 g/mol. The van der Waals surface area contributed by atoms with Crippen LogP contribution in [0.15, 0.2) is 12.2 Å². The lowest BCUT2D eigenvalue weighted by atomic mass is 10.0. The number of hydrogen-bond donors (Lipinski definition) is 0. The zero-order valence-electron chi connectivity index (χ0n) is 53.9. The number of carbonyl (C=O) groups is 3. The standard InChI is InChI=1S/C73H140O6/c1-4-7-10-13-16-19-21-23-25-27-29-31-33-34-35-36-37-38-39-40-41-43-44-46-48-50-52-54-57-60-63-66-72(75)78-69-70(68-77-71(74)65-62-59-56-18-15-12-9-6-3)79-73(76)67-64-61-58-55-53-51-49-47-45-42-32-30-28-26-24-22-20-17-14-11-8-5-2/h27,29,70H,4-26,28,30-69H2,1-3H3/b29-27-. The van der Waals surface area contributed by atoms with Crippen molar-refractivity contribution in [2.24, 2.45) is 0 Å². The molecule has 0 aliphatic rings. The molecule has 0 heterocycles. The van der Waals surface area contributed by atoms with E-state index < -0.39 is 6.10 Å². The van der Waals surface area contributed by atoms with E-state index in [4.69, 9.17) is 14.2 Å². The molecule has 79 heavy (non-hydrogen) atoms. The van der Waals surface area contributed by atoms with Crippen molar-refractivity contribution in [3.05, 3.63) is 12.2 Å². The van der Waals surface area contributed by atoms with Crippen molar-refractivity contribution in [1.29, 1.82) is 0 Å². The van der Waals surface area contributed by atoms with Gasteiger partial charge in [0.15, 0.2) is 6.10 Å². The number of rotatable bonds is 68. The van der Waals surface area contributed by atoms with E-state index in [1.54, 1.807) is 0 Å². The van der Waals surface area contributed by atoms with E-state index in [1.807, 2.05) is 0 Å². The van der Waals surface area contributed by atoms with Gasteiger partial charge in [0.05, 0.1) is 0 Å². The van der Waals surface area contributed by atoms with E-state index in [0.717, 1.165) is 57.8 Å². The number of esters is 3. The summed E-state index contributed by atoms with van der Waals surface area (Å²) in [5, 5.41) is 0. The van der Waals surface area contributed by atoms with E-state index in [-0.39, 0.29) is 31.1 Å². The molecule has 0 saturated heterocycles. The SMILES string of the molecule is CCCCCCCCCC/C=C\CCCCCCCCCCCCCCCCCCCCCC(=O)OCC(COC(=O)CCCCCCCCCC)OC(=O)CCCCCCCCCCCCCCCCCCCCCCCC. The highest BCUT2D eigenvalue weighted by molar-refractivity contribution is 5.71. The molecule has 468 valence electrons. The van der Waals surface area contributed by atoms with Gasteiger partial charge in [-0.05, 0) is 44.9 Å². The smallest absolute Gasteiger partial charge is 0.306 e. The Hall–Kier alpha value is -1.85. The van der Waals surface area contributed by atoms with Crippen molar-refractivity contribution >= 4 is 17.9 Å². The zero-order valence-corrected chi connectivity index (χ0v) is 53.9. The lowest BCUT2D eigenvalue weighted by Crippen LogP contribution is -2.30. The maximum Gasteiger partial charge on any atom is 0.306 e. The molecule has 0 fully saturated rings. The molecule has 0 bridgehead atoms. The Morgan fingerprint density at radius 3 is 0.633 bits per heavy atom. The van der Waals surface area contributed by atoms with Crippen LogP contribution in [-0.2, 0) is 28.6 Å². The second kappa shape index (κ2) is 68.6. The van der Waals surface area contributed by atoms with E-state index in [9.17, 15) is 14.4 Å². The minimum Gasteiger partial charge on any atom is -0.462 e. The second-order valence-corrected chi connectivity index (χ2v) is 24.9. The Morgan fingerprint density at radius 1 is 0.241 bits per heavy atom. The van der Waals surface area contributed by atoms with Gasteiger partial charge in [0.1, 0.15) is 13.2 Å². The van der Waals surface area contributed by atoms with Crippen LogP contribution in [0.3, 0.4) is 0 Å². The largest absolute Gasteiger partial charge is 0.462 e. The van der Waals surface area contributed by atoms with E-state index in [2.05, 4.69) is 32.9 Å². The van der Waals surface area contributed by atoms with Gasteiger partial charge in [-0.15, -0.1) is 0 Å². The molecular weight excluding hydrogens is 973 g/mol. The van der Waals surface area contributed by atoms with Crippen LogP contribution in [0.5, 0.6) is 0 Å². The van der Waals surface area contributed by atoms with Crippen molar-refractivity contribution in [3.8, 4) is 0 Å². The molecule has 0 radical (unpaired) electrons. The topological polar surface area (TPSA) is 78.9 Å². The molecule has 1 atom stereocenters. The summed E-state index contributed by atoms with van der Waals surface area (Å²) in [5.74, 6) is -0.833. The third-order valence-electron chi connectivity index (χ3n) is 16.8. The highest BCUT2D eigenvalue weighted by Gasteiger charge is 2.19. The van der Waals surface area contributed by atoms with Crippen LogP contribution < -0.4 is 0 Å². The number of carbonyl (C=O) groups excluding carboxylic acids is 3. The molecule has 0 amide bonds. The molecule has 0 saturated carbocycles. The number of hydrogen-bond acceptors (Lipinski definition) is 6. The van der Waals surface area contributed by atoms with Gasteiger partial charge in [-0.25, -0.2) is 0 Å². The van der Waals surface area contributed by atoms with Gasteiger partial charge in [0.25, 0.3) is 0 Å². The highest BCUT2D eigenvalue weighted by atomic mass is 16.6. The zero-order chi connectivity index (χ0) is 57.1. The predicted molar refractivity (Wildman–Crippen MR) is 344 cm³/mol. The Morgan fingerprint density at radius 2 is 0.418 bits per heavy atom. The van der Waals surface area contributed by atoms with Gasteiger partial charge in [-0.1, -0.05) is 367 Å². The van der Waals surface area contributed by atoms with Crippen molar-refractivity contribution < 1.29 is 28.6 Å². The molecule has 6 nitrogen and oxygen atoms in total. The van der Waals surface area contributed by atoms with Crippen LogP contribution in [0, 0.1) is 0 Å². The fourth-order valence-electron chi connectivity index (χ4n) is 11.3. The number of ether oxygens (including phenoxy) is 3. The Bertz CT molecular complexity index is 1230. The lowest BCUT2D eigenvalue weighted by molar-refractivity contribution is -0.167. The molecular formula is C73H140O6. The molecule has 0 aromatic heterocycles. The van der Waals surface area contributed by atoms with Crippen LogP contribution in [0.4, 0.5) is 0 Å². The predicted octanol–water partition coefficient (Wildman–Crippen LogP) is 24.8. The Balaban J connectivity index is 4.00. The summed E-state index contributed by atoms with van der Waals surface area (Å²) in [6, 6.07) is 0. The minimum absolute atomic E-state index is 0.0625. The summed E-state index contributed by atoms with van der Waals surface area (Å²) in [5.41, 5.74) is 0. The van der Waals surface area contributed by atoms with E-state index >= 15 is 0 Å². The quantitative estimate of drug-likeness (QED) is 0.0261. The lowest BCUT2D eigenvalue weighted by Gasteiger charge is -2.18. The van der Waals surface area contributed by atoms with Gasteiger partial charge < -0.3 is 14.2 Å². The third kappa shape index (κ3) is 66.8. The molecule has 0 aromatic carbocycles. The third-order valence-corrected chi connectivity index (χ3v) is 16.8. The monoisotopic (exact) mass is 1110 g/mol. The first-order valence-electron chi connectivity index (χ1n) is 36.2. The van der Waals surface area contributed by atoms with Crippen molar-refractivity contribution in [3.63, 3.8) is 0 Å². The van der Waals surface area contributed by atoms with Gasteiger partial charge in [-0.3, -0.25) is 14.4 Å². The first-order valence-corrected chi connectivity index (χ1v) is 36.2. The second-order valence-electron chi connectivity index (χ2n) is 24.9. The van der Waals surface area contributed by atoms with Crippen molar-refractivity contribution in [1.82, 2.24) is 0 Å². The van der Waals surface area contributed by atoms with Crippen LogP contribution >= 0.6 is 0 Å². The summed E-state index contributed by atoms with van der Waals surface area (Å²) < 4.78 is 16.9. The summed E-state index contributed by atoms with van der Waals surface area (Å²) in [7, 11) is 0. The molecule has 0 aliphatic heterocycles. The van der Waals surface area contributed by atoms with Crippen molar-refractivity contribution in [2.75, 3.05) is 13.2 Å². The van der Waals surface area contributed by atoms with Crippen LogP contribution in [0.25, 0.3) is 0 Å². The molecule has 0 aliphatic carbocycles. The van der Waals surface area contributed by atoms with Crippen molar-refractivity contribution in [2.45, 2.75) is 425 Å². The first kappa shape index (κ1) is 77.2. The Labute approximate surface area is 494 Å². The summed E-state index contributed by atoms with van der Waals surface area (Å²) in [4.78, 5) is 38.2.